The van der Waals surface area contributed by atoms with E-state index in [-0.39, 0.29) is 43.5 Å². The minimum absolute atomic E-state index is 0.0948. The van der Waals surface area contributed by atoms with E-state index in [2.05, 4.69) is 5.32 Å². The number of hydrogen-bond donors (Lipinski definition) is 1. The van der Waals surface area contributed by atoms with E-state index in [0.717, 1.165) is 12.0 Å². The molecule has 0 aliphatic carbocycles. The molecule has 1 N–H and O–H groups in total. The molecule has 0 fully saturated rings. The van der Waals surface area contributed by atoms with Gasteiger partial charge < -0.3 is 24.3 Å². The SMILES string of the molecule is CCNC(=O)N(CC(=O)N1CCc2sccc2C1COc1cccc(F)c1)Cc1ccco1. The Kier molecular flexibility index (Phi) is 7.29. The van der Waals surface area contributed by atoms with Crippen LogP contribution in [0.5, 0.6) is 5.75 Å². The van der Waals surface area contributed by atoms with Crippen molar-refractivity contribution >= 4 is 23.3 Å². The van der Waals surface area contributed by atoms with Crippen molar-refractivity contribution in [3.63, 3.8) is 0 Å². The summed E-state index contributed by atoms with van der Waals surface area (Å²) in [6.07, 6.45) is 2.28. The van der Waals surface area contributed by atoms with Gasteiger partial charge in [0.05, 0.1) is 18.8 Å². The predicted octanol–water partition coefficient (Wildman–Crippen LogP) is 4.22. The van der Waals surface area contributed by atoms with Gasteiger partial charge in [-0.1, -0.05) is 6.07 Å². The summed E-state index contributed by atoms with van der Waals surface area (Å²) in [4.78, 5) is 30.4. The van der Waals surface area contributed by atoms with E-state index in [1.54, 1.807) is 40.5 Å². The molecule has 3 aromatic rings. The second kappa shape index (κ2) is 10.5. The zero-order chi connectivity index (χ0) is 23.2. The Hall–Kier alpha value is -3.33. The van der Waals surface area contributed by atoms with Gasteiger partial charge >= 0.3 is 6.03 Å². The molecular formula is C24H26FN3O4S. The van der Waals surface area contributed by atoms with E-state index in [1.165, 1.54) is 28.2 Å². The Labute approximate surface area is 195 Å². The number of ether oxygens (including phenoxy) is 1. The number of amides is 3. The third kappa shape index (κ3) is 5.54. The van der Waals surface area contributed by atoms with Gasteiger partial charge in [-0.25, -0.2) is 9.18 Å². The van der Waals surface area contributed by atoms with Crippen molar-refractivity contribution in [2.24, 2.45) is 0 Å². The van der Waals surface area contributed by atoms with E-state index in [4.69, 9.17) is 9.15 Å². The standard InChI is InChI=1S/C24H26FN3O4S/c1-2-26-24(30)27(14-19-7-4-11-31-19)15-23(29)28-10-8-22-20(9-12-33-22)21(28)16-32-18-6-3-5-17(25)13-18/h3-7,9,11-13,21H,2,8,10,14-16H2,1H3,(H,26,30). The molecule has 1 aromatic carbocycles. The summed E-state index contributed by atoms with van der Waals surface area (Å²) in [5, 5.41) is 4.76. The number of urea groups is 1. The first kappa shape index (κ1) is 22.8. The van der Waals surface area contributed by atoms with Crippen molar-refractivity contribution in [2.45, 2.75) is 25.9 Å². The first-order chi connectivity index (χ1) is 16.0. The second-order valence-electron chi connectivity index (χ2n) is 7.69. The van der Waals surface area contributed by atoms with Crippen molar-refractivity contribution in [3.05, 3.63) is 76.1 Å². The number of furan rings is 1. The van der Waals surface area contributed by atoms with Gasteiger partial charge in [-0.05, 0) is 54.6 Å². The van der Waals surface area contributed by atoms with Gasteiger partial charge in [0, 0.05) is 24.0 Å². The van der Waals surface area contributed by atoms with Crippen LogP contribution >= 0.6 is 11.3 Å². The van der Waals surface area contributed by atoms with Crippen LogP contribution in [0.15, 0.2) is 58.5 Å². The molecule has 3 heterocycles. The molecule has 0 bridgehead atoms. The molecule has 1 atom stereocenters. The molecule has 1 aliphatic rings. The van der Waals surface area contributed by atoms with Crippen molar-refractivity contribution in [1.82, 2.24) is 15.1 Å². The molecule has 1 unspecified atom stereocenters. The van der Waals surface area contributed by atoms with Gasteiger partial charge in [-0.3, -0.25) is 4.79 Å². The van der Waals surface area contributed by atoms with Crippen molar-refractivity contribution in [3.8, 4) is 5.75 Å². The lowest BCUT2D eigenvalue weighted by Gasteiger charge is -2.37. The largest absolute Gasteiger partial charge is 0.491 e. The van der Waals surface area contributed by atoms with Crippen LogP contribution in [0.25, 0.3) is 0 Å². The summed E-state index contributed by atoms with van der Waals surface area (Å²) in [6.45, 7) is 3.09. The van der Waals surface area contributed by atoms with E-state index >= 15 is 0 Å². The number of fused-ring (bicyclic) bond motifs is 1. The van der Waals surface area contributed by atoms with Crippen LogP contribution in [0.2, 0.25) is 0 Å². The van der Waals surface area contributed by atoms with Gasteiger partial charge in [0.25, 0.3) is 0 Å². The topological polar surface area (TPSA) is 75.0 Å². The Morgan fingerprint density at radius 1 is 1.30 bits per heavy atom. The number of nitrogens with one attached hydrogen (secondary N) is 1. The highest BCUT2D eigenvalue weighted by molar-refractivity contribution is 7.10. The van der Waals surface area contributed by atoms with Crippen LogP contribution in [-0.2, 0) is 17.8 Å². The molecule has 33 heavy (non-hydrogen) atoms. The lowest BCUT2D eigenvalue weighted by atomic mass is 10.0. The van der Waals surface area contributed by atoms with Crippen molar-refractivity contribution in [2.75, 3.05) is 26.2 Å². The molecule has 174 valence electrons. The van der Waals surface area contributed by atoms with Crippen LogP contribution in [0.4, 0.5) is 9.18 Å². The minimum Gasteiger partial charge on any atom is -0.491 e. The number of halogens is 1. The monoisotopic (exact) mass is 471 g/mol. The van der Waals surface area contributed by atoms with Crippen molar-refractivity contribution in [1.29, 1.82) is 0 Å². The van der Waals surface area contributed by atoms with Crippen molar-refractivity contribution < 1.29 is 23.1 Å². The molecule has 1 aliphatic heterocycles. The maximum atomic E-state index is 13.6. The number of benzene rings is 1. The smallest absolute Gasteiger partial charge is 0.318 e. The Bertz CT molecular complexity index is 1090. The number of carbonyl (C=O) groups excluding carboxylic acids is 2. The third-order valence-corrected chi connectivity index (χ3v) is 6.48. The number of thiophene rings is 1. The lowest BCUT2D eigenvalue weighted by molar-refractivity contribution is -0.135. The van der Waals surface area contributed by atoms with Crippen LogP contribution in [0, 0.1) is 5.82 Å². The van der Waals surface area contributed by atoms with E-state index in [1.807, 2.05) is 18.4 Å². The summed E-state index contributed by atoms with van der Waals surface area (Å²) in [6, 6.07) is 10.8. The maximum absolute atomic E-state index is 13.6. The van der Waals surface area contributed by atoms with Crippen LogP contribution < -0.4 is 10.1 Å². The molecular weight excluding hydrogens is 445 g/mol. The fourth-order valence-corrected chi connectivity index (χ4v) is 4.84. The highest BCUT2D eigenvalue weighted by atomic mass is 32.1. The number of rotatable bonds is 8. The lowest BCUT2D eigenvalue weighted by Crippen LogP contribution is -2.49. The van der Waals surface area contributed by atoms with Gasteiger partial charge in [0.1, 0.15) is 30.5 Å². The molecule has 7 nitrogen and oxygen atoms in total. The quantitative estimate of drug-likeness (QED) is 0.534. The first-order valence-corrected chi connectivity index (χ1v) is 11.7. The summed E-state index contributed by atoms with van der Waals surface area (Å²) < 4.78 is 24.8. The second-order valence-corrected chi connectivity index (χ2v) is 8.69. The third-order valence-electron chi connectivity index (χ3n) is 5.49. The average molecular weight is 472 g/mol. The molecule has 2 aromatic heterocycles. The van der Waals surface area contributed by atoms with E-state index in [9.17, 15) is 14.0 Å². The highest BCUT2D eigenvalue weighted by Crippen LogP contribution is 2.34. The fraction of sp³-hybridized carbons (Fsp3) is 0.333. The summed E-state index contributed by atoms with van der Waals surface area (Å²) in [7, 11) is 0. The summed E-state index contributed by atoms with van der Waals surface area (Å²) >= 11 is 1.65. The molecule has 4 rings (SSSR count). The Balaban J connectivity index is 1.51. The highest BCUT2D eigenvalue weighted by Gasteiger charge is 2.33. The Morgan fingerprint density at radius 3 is 2.94 bits per heavy atom. The normalized spacial score (nSPS) is 15.1. The Morgan fingerprint density at radius 2 is 2.18 bits per heavy atom. The zero-order valence-electron chi connectivity index (χ0n) is 18.3. The van der Waals surface area contributed by atoms with E-state index < -0.39 is 0 Å². The molecule has 3 amide bonds. The van der Waals surface area contributed by atoms with Crippen LogP contribution in [0.3, 0.4) is 0 Å². The van der Waals surface area contributed by atoms with Gasteiger partial charge in [-0.2, -0.15) is 0 Å². The number of carbonyl (C=O) groups is 2. The van der Waals surface area contributed by atoms with E-state index in [0.29, 0.717) is 24.6 Å². The first-order valence-electron chi connectivity index (χ1n) is 10.8. The van der Waals surface area contributed by atoms with Crippen LogP contribution in [0.1, 0.15) is 29.2 Å². The summed E-state index contributed by atoms with van der Waals surface area (Å²) in [5.74, 6) is 0.443. The van der Waals surface area contributed by atoms with Gasteiger partial charge in [-0.15, -0.1) is 11.3 Å². The zero-order valence-corrected chi connectivity index (χ0v) is 19.1. The number of hydrogen-bond acceptors (Lipinski definition) is 5. The molecule has 0 saturated carbocycles. The van der Waals surface area contributed by atoms with Gasteiger partial charge in [0.15, 0.2) is 0 Å². The molecule has 0 radical (unpaired) electrons. The molecule has 0 spiro atoms. The minimum atomic E-state index is -0.379. The summed E-state index contributed by atoms with van der Waals surface area (Å²) in [5.41, 5.74) is 1.03. The van der Waals surface area contributed by atoms with Gasteiger partial charge in [0.2, 0.25) is 5.91 Å². The predicted molar refractivity (Wildman–Crippen MR) is 123 cm³/mol. The number of nitrogens with zero attached hydrogens (tertiary/aromatic N) is 2. The molecule has 0 saturated heterocycles. The fourth-order valence-electron chi connectivity index (χ4n) is 3.91. The van der Waals surface area contributed by atoms with Crippen LogP contribution in [-0.4, -0.2) is 48.0 Å². The molecule has 9 heteroatoms. The maximum Gasteiger partial charge on any atom is 0.318 e. The average Bonchev–Trinajstić information content (AvgIpc) is 3.49.